The van der Waals surface area contributed by atoms with Gasteiger partial charge < -0.3 is 9.84 Å². The first-order chi connectivity index (χ1) is 7.36. The minimum absolute atomic E-state index is 0.138. The van der Waals surface area contributed by atoms with Crippen LogP contribution in [-0.4, -0.2) is 17.8 Å². The monoisotopic (exact) mass is 206 g/mol. The summed E-state index contributed by atoms with van der Waals surface area (Å²) in [4.78, 5) is 0. The minimum atomic E-state index is -0.138. The molecule has 1 aromatic carbocycles. The molecular weight excluding hydrogens is 188 g/mol. The highest BCUT2D eigenvalue weighted by Crippen LogP contribution is 2.25. The number of hydrogen-bond acceptors (Lipinski definition) is 2. The Morgan fingerprint density at radius 1 is 1.20 bits per heavy atom. The fourth-order valence-electron chi connectivity index (χ4n) is 2.11. The van der Waals surface area contributed by atoms with Crippen LogP contribution in [0.3, 0.4) is 0 Å². The highest BCUT2D eigenvalue weighted by Gasteiger charge is 2.24. The van der Waals surface area contributed by atoms with E-state index >= 15 is 0 Å². The molecule has 1 fully saturated rings. The van der Waals surface area contributed by atoms with Crippen LogP contribution in [0.2, 0.25) is 0 Å². The molecule has 0 saturated heterocycles. The van der Waals surface area contributed by atoms with Crippen molar-refractivity contribution in [2.24, 2.45) is 5.92 Å². The van der Waals surface area contributed by atoms with E-state index in [1.807, 2.05) is 18.2 Å². The molecule has 2 heteroatoms. The molecule has 2 unspecified atom stereocenters. The number of aliphatic hydroxyl groups is 1. The SMILES string of the molecule is OC1CCCC1COCc1ccccc1. The Hall–Kier alpha value is -0.860. The average Bonchev–Trinajstić information content (AvgIpc) is 2.66. The maximum absolute atomic E-state index is 9.61. The number of hydrogen-bond donors (Lipinski definition) is 1. The molecule has 1 aliphatic carbocycles. The van der Waals surface area contributed by atoms with Gasteiger partial charge in [-0.15, -0.1) is 0 Å². The van der Waals surface area contributed by atoms with Crippen molar-refractivity contribution >= 4 is 0 Å². The molecule has 1 aromatic rings. The molecule has 2 atom stereocenters. The predicted molar refractivity (Wildman–Crippen MR) is 59.4 cm³/mol. The lowest BCUT2D eigenvalue weighted by molar-refractivity contribution is 0.0367. The van der Waals surface area contributed by atoms with Gasteiger partial charge in [-0.25, -0.2) is 0 Å². The average molecular weight is 206 g/mol. The van der Waals surface area contributed by atoms with Gasteiger partial charge in [0, 0.05) is 5.92 Å². The van der Waals surface area contributed by atoms with E-state index < -0.39 is 0 Å². The molecule has 0 amide bonds. The number of rotatable bonds is 4. The lowest BCUT2D eigenvalue weighted by Gasteiger charge is -2.14. The molecule has 0 bridgehead atoms. The zero-order valence-electron chi connectivity index (χ0n) is 8.93. The molecule has 1 saturated carbocycles. The van der Waals surface area contributed by atoms with Crippen LogP contribution in [0.15, 0.2) is 30.3 Å². The maximum atomic E-state index is 9.61. The second kappa shape index (κ2) is 5.29. The minimum Gasteiger partial charge on any atom is -0.393 e. The summed E-state index contributed by atoms with van der Waals surface area (Å²) in [6.45, 7) is 1.35. The maximum Gasteiger partial charge on any atom is 0.0717 e. The van der Waals surface area contributed by atoms with Crippen molar-refractivity contribution in [3.8, 4) is 0 Å². The Balaban J connectivity index is 1.71. The van der Waals surface area contributed by atoms with Gasteiger partial charge in [0.1, 0.15) is 0 Å². The lowest BCUT2D eigenvalue weighted by atomic mass is 10.1. The van der Waals surface area contributed by atoms with Crippen LogP contribution in [0, 0.1) is 5.92 Å². The summed E-state index contributed by atoms with van der Waals surface area (Å²) in [6.07, 6.45) is 3.05. The second-order valence-electron chi connectivity index (χ2n) is 4.26. The van der Waals surface area contributed by atoms with Gasteiger partial charge in [0.25, 0.3) is 0 Å². The van der Waals surface area contributed by atoms with Crippen LogP contribution in [0.4, 0.5) is 0 Å². The zero-order chi connectivity index (χ0) is 10.5. The molecule has 82 valence electrons. The van der Waals surface area contributed by atoms with E-state index in [-0.39, 0.29) is 6.10 Å². The third-order valence-corrected chi connectivity index (χ3v) is 3.06. The summed E-state index contributed by atoms with van der Waals surface area (Å²) in [5.41, 5.74) is 1.20. The van der Waals surface area contributed by atoms with Crippen LogP contribution in [0.5, 0.6) is 0 Å². The van der Waals surface area contributed by atoms with Gasteiger partial charge in [-0.1, -0.05) is 36.8 Å². The first kappa shape index (κ1) is 10.7. The Bertz CT molecular complexity index is 284. The Kier molecular flexibility index (Phi) is 3.75. The topological polar surface area (TPSA) is 29.5 Å². The van der Waals surface area contributed by atoms with Gasteiger partial charge in [0.15, 0.2) is 0 Å². The molecule has 0 aromatic heterocycles. The highest BCUT2D eigenvalue weighted by molar-refractivity contribution is 5.13. The Labute approximate surface area is 90.9 Å². The van der Waals surface area contributed by atoms with Gasteiger partial charge in [0.05, 0.1) is 19.3 Å². The summed E-state index contributed by atoms with van der Waals surface area (Å²) < 4.78 is 5.61. The predicted octanol–water partition coefficient (Wildman–Crippen LogP) is 2.36. The first-order valence-electron chi connectivity index (χ1n) is 5.66. The van der Waals surface area contributed by atoms with E-state index in [0.717, 1.165) is 19.3 Å². The van der Waals surface area contributed by atoms with Crippen molar-refractivity contribution in [2.75, 3.05) is 6.61 Å². The standard InChI is InChI=1S/C13H18O2/c14-13-8-4-7-12(13)10-15-9-11-5-2-1-3-6-11/h1-3,5-6,12-14H,4,7-10H2. The molecule has 1 aliphatic rings. The van der Waals surface area contributed by atoms with Crippen molar-refractivity contribution in [3.63, 3.8) is 0 Å². The molecule has 2 rings (SSSR count). The van der Waals surface area contributed by atoms with Crippen molar-refractivity contribution in [2.45, 2.75) is 32.0 Å². The molecule has 0 heterocycles. The second-order valence-corrected chi connectivity index (χ2v) is 4.26. The third-order valence-electron chi connectivity index (χ3n) is 3.06. The molecule has 0 spiro atoms. The normalized spacial score (nSPS) is 25.7. The quantitative estimate of drug-likeness (QED) is 0.819. The third kappa shape index (κ3) is 3.05. The van der Waals surface area contributed by atoms with Gasteiger partial charge in [-0.05, 0) is 18.4 Å². The summed E-state index contributed by atoms with van der Waals surface area (Å²) in [6, 6.07) is 10.2. The van der Waals surface area contributed by atoms with Crippen LogP contribution < -0.4 is 0 Å². The van der Waals surface area contributed by atoms with Gasteiger partial charge in [-0.2, -0.15) is 0 Å². The molecule has 0 radical (unpaired) electrons. The van der Waals surface area contributed by atoms with Crippen LogP contribution in [0.1, 0.15) is 24.8 Å². The van der Waals surface area contributed by atoms with E-state index in [4.69, 9.17) is 4.74 Å². The smallest absolute Gasteiger partial charge is 0.0717 e. The fourth-order valence-corrected chi connectivity index (χ4v) is 2.11. The van der Waals surface area contributed by atoms with Crippen LogP contribution in [-0.2, 0) is 11.3 Å². The van der Waals surface area contributed by atoms with Crippen LogP contribution in [0.25, 0.3) is 0 Å². The van der Waals surface area contributed by atoms with E-state index in [1.165, 1.54) is 5.56 Å². The van der Waals surface area contributed by atoms with Crippen molar-refractivity contribution < 1.29 is 9.84 Å². The highest BCUT2D eigenvalue weighted by atomic mass is 16.5. The van der Waals surface area contributed by atoms with Crippen molar-refractivity contribution in [1.29, 1.82) is 0 Å². The molecule has 1 N–H and O–H groups in total. The molecule has 0 aliphatic heterocycles. The van der Waals surface area contributed by atoms with E-state index in [9.17, 15) is 5.11 Å². The Morgan fingerprint density at radius 2 is 2.00 bits per heavy atom. The fraction of sp³-hybridized carbons (Fsp3) is 0.538. The summed E-state index contributed by atoms with van der Waals surface area (Å²) in [5.74, 6) is 0.355. The van der Waals surface area contributed by atoms with Crippen molar-refractivity contribution in [3.05, 3.63) is 35.9 Å². The summed E-state index contributed by atoms with van der Waals surface area (Å²) in [5, 5.41) is 9.61. The molecule has 2 nitrogen and oxygen atoms in total. The van der Waals surface area contributed by atoms with Gasteiger partial charge in [-0.3, -0.25) is 0 Å². The van der Waals surface area contributed by atoms with Crippen molar-refractivity contribution in [1.82, 2.24) is 0 Å². The zero-order valence-corrected chi connectivity index (χ0v) is 8.93. The number of benzene rings is 1. The lowest BCUT2D eigenvalue weighted by Crippen LogP contribution is -2.18. The number of aliphatic hydroxyl groups excluding tert-OH is 1. The first-order valence-corrected chi connectivity index (χ1v) is 5.66. The molecule has 15 heavy (non-hydrogen) atoms. The van der Waals surface area contributed by atoms with Gasteiger partial charge in [0.2, 0.25) is 0 Å². The van der Waals surface area contributed by atoms with Crippen LogP contribution >= 0.6 is 0 Å². The van der Waals surface area contributed by atoms with E-state index in [1.54, 1.807) is 0 Å². The van der Waals surface area contributed by atoms with Gasteiger partial charge >= 0.3 is 0 Å². The number of ether oxygens (including phenoxy) is 1. The van der Waals surface area contributed by atoms with E-state index in [0.29, 0.717) is 19.1 Å². The van der Waals surface area contributed by atoms with E-state index in [2.05, 4.69) is 12.1 Å². The summed E-state index contributed by atoms with van der Waals surface area (Å²) >= 11 is 0. The molecular formula is C13H18O2. The largest absolute Gasteiger partial charge is 0.393 e. The summed E-state index contributed by atoms with van der Waals surface area (Å²) in [7, 11) is 0. The Morgan fingerprint density at radius 3 is 2.67 bits per heavy atom.